The van der Waals surface area contributed by atoms with E-state index in [1.54, 1.807) is 30.4 Å². The van der Waals surface area contributed by atoms with Crippen molar-refractivity contribution in [2.45, 2.75) is 4.90 Å². The Kier molecular flexibility index (Phi) is 8.61. The van der Waals surface area contributed by atoms with Gasteiger partial charge >= 0.3 is 0 Å². The summed E-state index contributed by atoms with van der Waals surface area (Å²) in [5, 5.41) is 10.8. The summed E-state index contributed by atoms with van der Waals surface area (Å²) in [5.74, 6) is 1.67. The van der Waals surface area contributed by atoms with Crippen LogP contribution in [0.5, 0.6) is 40.2 Å². The summed E-state index contributed by atoms with van der Waals surface area (Å²) in [6.45, 7) is 0. The second-order valence-corrected chi connectivity index (χ2v) is 9.18. The Morgan fingerprint density at radius 2 is 1.24 bits per heavy atom. The van der Waals surface area contributed by atoms with E-state index in [0.29, 0.717) is 34.1 Å². The first-order chi connectivity index (χ1) is 17.7. The highest BCUT2D eigenvalue weighted by atomic mass is 32.2. The van der Waals surface area contributed by atoms with Crippen LogP contribution in [0.25, 0.3) is 12.2 Å². The van der Waals surface area contributed by atoms with Gasteiger partial charge in [-0.25, -0.2) is 8.42 Å². The van der Waals surface area contributed by atoms with Crippen LogP contribution in [-0.2, 0) is 10.0 Å². The Balaban J connectivity index is 2.07. The third kappa shape index (κ3) is 5.78. The van der Waals surface area contributed by atoms with Gasteiger partial charge in [0, 0.05) is 11.6 Å². The molecule has 0 atom stereocenters. The molecule has 0 saturated heterocycles. The number of phenols is 1. The van der Waals surface area contributed by atoms with Gasteiger partial charge in [0.25, 0.3) is 10.0 Å². The smallest absolute Gasteiger partial charge is 0.262 e. The molecule has 11 heteroatoms. The number of sulfonamides is 1. The number of hydrogen-bond donors (Lipinski definition) is 2. The van der Waals surface area contributed by atoms with Crippen molar-refractivity contribution in [1.82, 2.24) is 0 Å². The molecule has 0 aliphatic heterocycles. The summed E-state index contributed by atoms with van der Waals surface area (Å²) in [6.07, 6.45) is 3.34. The van der Waals surface area contributed by atoms with Crippen molar-refractivity contribution in [2.75, 3.05) is 47.4 Å². The van der Waals surface area contributed by atoms with Gasteiger partial charge in [-0.05, 0) is 42.0 Å². The lowest BCUT2D eigenvalue weighted by Gasteiger charge is -2.16. The molecule has 0 aliphatic carbocycles. The number of nitrogens with one attached hydrogen (secondary N) is 1. The maximum atomic E-state index is 13.3. The topological polar surface area (TPSA) is 122 Å². The monoisotopic (exact) mass is 531 g/mol. The number of phenolic OH excluding ortho intramolecular Hbond substituents is 1. The molecule has 198 valence electrons. The van der Waals surface area contributed by atoms with E-state index in [1.165, 1.54) is 66.9 Å². The number of aromatic hydroxyl groups is 1. The van der Waals surface area contributed by atoms with Crippen molar-refractivity contribution in [3.8, 4) is 40.2 Å². The minimum absolute atomic E-state index is 0.0715. The summed E-state index contributed by atoms with van der Waals surface area (Å²) in [6, 6.07) is 10.8. The molecule has 0 spiro atoms. The molecule has 2 N–H and O–H groups in total. The number of hydrogen-bond acceptors (Lipinski definition) is 9. The molecule has 0 amide bonds. The SMILES string of the molecule is COc1ccc(S(=O)(=O)Nc2c(C=Cc3cc(OC)c(OC)c(OC)c3)ccc(OC)c2O)cc1OC. The van der Waals surface area contributed by atoms with E-state index in [4.69, 9.17) is 28.4 Å². The Hall–Kier alpha value is -4.25. The molecule has 0 unspecified atom stereocenters. The predicted molar refractivity (Wildman–Crippen MR) is 140 cm³/mol. The zero-order chi connectivity index (χ0) is 27.2. The van der Waals surface area contributed by atoms with Gasteiger partial charge in [0.05, 0.1) is 47.6 Å². The number of anilines is 1. The van der Waals surface area contributed by atoms with E-state index in [-0.39, 0.29) is 27.8 Å². The molecule has 0 fully saturated rings. The number of benzene rings is 3. The van der Waals surface area contributed by atoms with Gasteiger partial charge < -0.3 is 33.5 Å². The largest absolute Gasteiger partial charge is 0.503 e. The first-order valence-corrected chi connectivity index (χ1v) is 12.3. The molecule has 37 heavy (non-hydrogen) atoms. The second-order valence-electron chi connectivity index (χ2n) is 7.49. The van der Waals surface area contributed by atoms with E-state index in [0.717, 1.165) is 0 Å². The van der Waals surface area contributed by atoms with Crippen molar-refractivity contribution < 1.29 is 41.9 Å². The van der Waals surface area contributed by atoms with Crippen molar-refractivity contribution in [2.24, 2.45) is 0 Å². The molecule has 0 aromatic heterocycles. The third-order valence-electron chi connectivity index (χ3n) is 5.44. The molecular formula is C26H29NO9S. The second kappa shape index (κ2) is 11.7. The highest BCUT2D eigenvalue weighted by Crippen LogP contribution is 2.41. The lowest BCUT2D eigenvalue weighted by molar-refractivity contribution is 0.324. The van der Waals surface area contributed by atoms with Gasteiger partial charge in [-0.15, -0.1) is 0 Å². The molecule has 3 rings (SSSR count). The zero-order valence-electron chi connectivity index (χ0n) is 21.3. The van der Waals surface area contributed by atoms with Crippen LogP contribution in [0.3, 0.4) is 0 Å². The van der Waals surface area contributed by atoms with Crippen molar-refractivity contribution in [3.05, 3.63) is 53.6 Å². The molecule has 3 aromatic rings. The first kappa shape index (κ1) is 27.3. The molecule has 0 radical (unpaired) electrons. The number of methoxy groups -OCH3 is 6. The van der Waals surface area contributed by atoms with Crippen molar-refractivity contribution >= 4 is 27.9 Å². The van der Waals surface area contributed by atoms with Crippen LogP contribution in [0.15, 0.2) is 47.4 Å². The van der Waals surface area contributed by atoms with Gasteiger partial charge in [0.2, 0.25) is 5.75 Å². The molecule has 3 aromatic carbocycles. The lowest BCUT2D eigenvalue weighted by Crippen LogP contribution is -2.14. The van der Waals surface area contributed by atoms with Crippen LogP contribution >= 0.6 is 0 Å². The van der Waals surface area contributed by atoms with Gasteiger partial charge in [0.1, 0.15) is 5.69 Å². The van der Waals surface area contributed by atoms with E-state index in [9.17, 15) is 13.5 Å². The maximum Gasteiger partial charge on any atom is 0.262 e. The first-order valence-electron chi connectivity index (χ1n) is 10.9. The van der Waals surface area contributed by atoms with Crippen molar-refractivity contribution in [3.63, 3.8) is 0 Å². The van der Waals surface area contributed by atoms with Crippen LogP contribution in [0.2, 0.25) is 0 Å². The lowest BCUT2D eigenvalue weighted by atomic mass is 10.1. The van der Waals surface area contributed by atoms with Crippen LogP contribution in [0.1, 0.15) is 11.1 Å². The molecule has 0 bridgehead atoms. The summed E-state index contributed by atoms with van der Waals surface area (Å²) >= 11 is 0. The Bertz CT molecular complexity index is 1380. The van der Waals surface area contributed by atoms with E-state index >= 15 is 0 Å². The standard InChI is InChI=1S/C26H29NO9S/c1-31-19-12-10-18(15-21(19)33-3)37(29,30)27-24-17(9-11-20(32-2)25(24)28)8-7-16-13-22(34-4)26(36-6)23(14-16)35-5/h7-15,27-28H,1-6H3. The van der Waals surface area contributed by atoms with Gasteiger partial charge in [-0.3, -0.25) is 4.72 Å². The Morgan fingerprint density at radius 1 is 0.676 bits per heavy atom. The fraction of sp³-hybridized carbons (Fsp3) is 0.231. The van der Waals surface area contributed by atoms with E-state index in [1.807, 2.05) is 0 Å². The normalized spacial score (nSPS) is 11.2. The zero-order valence-corrected chi connectivity index (χ0v) is 22.1. The average Bonchev–Trinajstić information content (AvgIpc) is 2.92. The third-order valence-corrected chi connectivity index (χ3v) is 6.78. The van der Waals surface area contributed by atoms with E-state index < -0.39 is 10.0 Å². The number of ether oxygens (including phenoxy) is 6. The van der Waals surface area contributed by atoms with Gasteiger partial charge in [-0.1, -0.05) is 12.2 Å². The van der Waals surface area contributed by atoms with Gasteiger partial charge in [0.15, 0.2) is 34.5 Å². The van der Waals surface area contributed by atoms with Crippen LogP contribution < -0.4 is 33.1 Å². The summed E-state index contributed by atoms with van der Waals surface area (Å²) in [5.41, 5.74) is 0.979. The summed E-state index contributed by atoms with van der Waals surface area (Å²) in [4.78, 5) is -0.0908. The van der Waals surface area contributed by atoms with Crippen LogP contribution in [0, 0.1) is 0 Å². The summed E-state index contributed by atoms with van der Waals surface area (Å²) in [7, 11) is 4.60. The van der Waals surface area contributed by atoms with E-state index in [2.05, 4.69) is 4.72 Å². The minimum atomic E-state index is -4.15. The fourth-order valence-corrected chi connectivity index (χ4v) is 4.67. The summed E-state index contributed by atoms with van der Waals surface area (Å²) < 4.78 is 60.7. The highest BCUT2D eigenvalue weighted by molar-refractivity contribution is 7.92. The Labute approximate surface area is 216 Å². The molecular weight excluding hydrogens is 502 g/mol. The molecule has 0 aliphatic rings. The Morgan fingerprint density at radius 3 is 1.78 bits per heavy atom. The maximum absolute atomic E-state index is 13.3. The molecule has 0 heterocycles. The van der Waals surface area contributed by atoms with Crippen molar-refractivity contribution in [1.29, 1.82) is 0 Å². The number of rotatable bonds is 11. The molecule has 10 nitrogen and oxygen atoms in total. The van der Waals surface area contributed by atoms with Gasteiger partial charge in [-0.2, -0.15) is 0 Å². The van der Waals surface area contributed by atoms with Crippen LogP contribution in [-0.4, -0.2) is 56.2 Å². The van der Waals surface area contributed by atoms with Crippen LogP contribution in [0.4, 0.5) is 5.69 Å². The molecule has 0 saturated carbocycles. The minimum Gasteiger partial charge on any atom is -0.503 e. The predicted octanol–water partition coefficient (Wildman–Crippen LogP) is 4.42. The average molecular weight is 532 g/mol. The quantitative estimate of drug-likeness (QED) is 0.274. The highest BCUT2D eigenvalue weighted by Gasteiger charge is 2.22. The fourth-order valence-electron chi connectivity index (χ4n) is 3.56.